The molecule has 0 fully saturated rings. The topological polar surface area (TPSA) is 81.9 Å². The molecule has 20 heavy (non-hydrogen) atoms. The predicted octanol–water partition coefficient (Wildman–Crippen LogP) is 1.66. The number of anilines is 1. The molecule has 0 amide bonds. The predicted molar refractivity (Wildman–Crippen MR) is 73.9 cm³/mol. The first-order valence-corrected chi connectivity index (χ1v) is 6.53. The molecular formula is C13H17N5O2. The van der Waals surface area contributed by atoms with E-state index in [1.54, 1.807) is 25.4 Å². The van der Waals surface area contributed by atoms with E-state index in [-0.39, 0.29) is 0 Å². The second-order valence-electron chi connectivity index (χ2n) is 4.06. The second kappa shape index (κ2) is 6.65. The van der Waals surface area contributed by atoms with Gasteiger partial charge in [-0.2, -0.15) is 10.1 Å². The lowest BCUT2D eigenvalue weighted by atomic mass is 10.4. The highest BCUT2D eigenvalue weighted by molar-refractivity contribution is 5.88. The van der Waals surface area contributed by atoms with Crippen molar-refractivity contribution >= 4 is 11.9 Å². The van der Waals surface area contributed by atoms with Gasteiger partial charge in [0, 0.05) is 25.0 Å². The lowest BCUT2D eigenvalue weighted by molar-refractivity contribution is 0.0526. The van der Waals surface area contributed by atoms with E-state index in [9.17, 15) is 4.79 Å². The number of esters is 1. The zero-order valence-electron chi connectivity index (χ0n) is 11.5. The first-order chi connectivity index (χ1) is 9.74. The van der Waals surface area contributed by atoms with Crippen molar-refractivity contribution in [3.63, 3.8) is 0 Å². The normalized spacial score (nSPS) is 10.3. The lowest BCUT2D eigenvalue weighted by Gasteiger charge is -2.04. The average Bonchev–Trinajstić information content (AvgIpc) is 2.95. The molecule has 0 aromatic carbocycles. The van der Waals surface area contributed by atoms with E-state index in [4.69, 9.17) is 4.74 Å². The molecule has 0 radical (unpaired) electrons. The minimum absolute atomic E-state index is 0.336. The van der Waals surface area contributed by atoms with Crippen LogP contribution in [0.3, 0.4) is 0 Å². The molecule has 2 rings (SSSR count). The van der Waals surface area contributed by atoms with Crippen LogP contribution in [0.4, 0.5) is 5.95 Å². The molecule has 2 heterocycles. The highest BCUT2D eigenvalue weighted by Gasteiger charge is 2.11. The van der Waals surface area contributed by atoms with Crippen LogP contribution in [0.25, 0.3) is 5.82 Å². The number of carbonyl (C=O) groups excluding carboxylic acids is 1. The number of rotatable bonds is 6. The van der Waals surface area contributed by atoms with Crippen LogP contribution >= 0.6 is 0 Å². The van der Waals surface area contributed by atoms with Crippen molar-refractivity contribution in [2.24, 2.45) is 0 Å². The minimum atomic E-state index is -0.392. The number of nitrogens with one attached hydrogen (secondary N) is 1. The van der Waals surface area contributed by atoms with Gasteiger partial charge in [0.1, 0.15) is 0 Å². The Morgan fingerprint density at radius 3 is 3.05 bits per heavy atom. The number of nitrogens with zero attached hydrogens (tertiary/aromatic N) is 4. The van der Waals surface area contributed by atoms with Crippen LogP contribution in [0.15, 0.2) is 24.7 Å². The Kier molecular flexibility index (Phi) is 4.65. The number of aromatic nitrogens is 4. The van der Waals surface area contributed by atoms with E-state index in [0.717, 1.165) is 13.0 Å². The van der Waals surface area contributed by atoms with Gasteiger partial charge in [0.25, 0.3) is 0 Å². The summed E-state index contributed by atoms with van der Waals surface area (Å²) in [5.41, 5.74) is 0.397. The summed E-state index contributed by atoms with van der Waals surface area (Å²) in [6.07, 6.45) is 5.68. The van der Waals surface area contributed by atoms with E-state index in [1.165, 1.54) is 10.9 Å². The van der Waals surface area contributed by atoms with E-state index in [1.807, 2.05) is 0 Å². The van der Waals surface area contributed by atoms with Gasteiger partial charge in [-0.3, -0.25) is 0 Å². The molecule has 106 valence electrons. The van der Waals surface area contributed by atoms with Crippen molar-refractivity contribution < 1.29 is 9.53 Å². The SMILES string of the molecule is CCCNc1nccc(-n2cc(C(=O)OCC)cn2)n1. The van der Waals surface area contributed by atoms with Crippen LogP contribution in [-0.4, -0.2) is 38.9 Å². The summed E-state index contributed by atoms with van der Waals surface area (Å²) in [6.45, 7) is 4.97. The van der Waals surface area contributed by atoms with Gasteiger partial charge in [0.2, 0.25) is 5.95 Å². The molecule has 0 saturated heterocycles. The molecule has 0 bridgehead atoms. The number of hydrogen-bond acceptors (Lipinski definition) is 6. The van der Waals surface area contributed by atoms with Crippen molar-refractivity contribution in [1.29, 1.82) is 0 Å². The van der Waals surface area contributed by atoms with Crippen LogP contribution in [0.5, 0.6) is 0 Å². The molecule has 2 aromatic rings. The summed E-state index contributed by atoms with van der Waals surface area (Å²) in [5, 5.41) is 7.21. The Morgan fingerprint density at radius 2 is 2.30 bits per heavy atom. The third kappa shape index (κ3) is 3.31. The quantitative estimate of drug-likeness (QED) is 0.807. The Hall–Kier alpha value is -2.44. The van der Waals surface area contributed by atoms with Gasteiger partial charge >= 0.3 is 5.97 Å². The zero-order chi connectivity index (χ0) is 14.4. The first kappa shape index (κ1) is 14.0. The first-order valence-electron chi connectivity index (χ1n) is 6.53. The molecule has 0 aliphatic rings. The lowest BCUT2D eigenvalue weighted by Crippen LogP contribution is -2.07. The summed E-state index contributed by atoms with van der Waals surface area (Å²) in [4.78, 5) is 20.0. The van der Waals surface area contributed by atoms with E-state index in [2.05, 4.69) is 27.3 Å². The zero-order valence-corrected chi connectivity index (χ0v) is 11.5. The highest BCUT2D eigenvalue weighted by atomic mass is 16.5. The van der Waals surface area contributed by atoms with Crippen molar-refractivity contribution in [2.75, 3.05) is 18.5 Å². The molecule has 1 N–H and O–H groups in total. The molecule has 2 aromatic heterocycles. The Labute approximate surface area is 117 Å². The molecule has 7 heteroatoms. The van der Waals surface area contributed by atoms with Gasteiger partial charge in [-0.1, -0.05) is 6.92 Å². The van der Waals surface area contributed by atoms with Crippen molar-refractivity contribution in [3.05, 3.63) is 30.2 Å². The second-order valence-corrected chi connectivity index (χ2v) is 4.06. The van der Waals surface area contributed by atoms with Crippen LogP contribution in [-0.2, 0) is 4.74 Å². The van der Waals surface area contributed by atoms with Gasteiger partial charge in [0.15, 0.2) is 5.82 Å². The van der Waals surface area contributed by atoms with Crippen LogP contribution in [0, 0.1) is 0 Å². The smallest absolute Gasteiger partial charge is 0.341 e. The van der Waals surface area contributed by atoms with Crippen LogP contribution in [0.1, 0.15) is 30.6 Å². The molecule has 0 unspecified atom stereocenters. The number of ether oxygens (including phenoxy) is 1. The third-order valence-electron chi connectivity index (χ3n) is 2.50. The van der Waals surface area contributed by atoms with Gasteiger partial charge in [-0.25, -0.2) is 14.5 Å². The Morgan fingerprint density at radius 1 is 1.45 bits per heavy atom. The van der Waals surface area contributed by atoms with Gasteiger partial charge < -0.3 is 10.1 Å². The van der Waals surface area contributed by atoms with Gasteiger partial charge in [-0.05, 0) is 13.3 Å². The Bertz CT molecular complexity index is 582. The van der Waals surface area contributed by atoms with E-state index < -0.39 is 5.97 Å². The molecule has 0 atom stereocenters. The summed E-state index contributed by atoms with van der Waals surface area (Å²) < 4.78 is 6.44. The van der Waals surface area contributed by atoms with E-state index >= 15 is 0 Å². The van der Waals surface area contributed by atoms with Crippen LogP contribution in [0.2, 0.25) is 0 Å². The largest absolute Gasteiger partial charge is 0.462 e. The highest BCUT2D eigenvalue weighted by Crippen LogP contribution is 2.08. The van der Waals surface area contributed by atoms with E-state index in [0.29, 0.717) is 23.9 Å². The maximum Gasteiger partial charge on any atom is 0.341 e. The summed E-state index contributed by atoms with van der Waals surface area (Å²) in [7, 11) is 0. The monoisotopic (exact) mass is 275 g/mol. The molecule has 7 nitrogen and oxygen atoms in total. The Balaban J connectivity index is 2.17. The summed E-state index contributed by atoms with van der Waals surface area (Å²) >= 11 is 0. The third-order valence-corrected chi connectivity index (χ3v) is 2.50. The fourth-order valence-corrected chi connectivity index (χ4v) is 1.57. The molecule has 0 aliphatic carbocycles. The molecule has 0 aliphatic heterocycles. The van der Waals surface area contributed by atoms with Crippen molar-refractivity contribution in [3.8, 4) is 5.82 Å². The molecule has 0 spiro atoms. The maximum atomic E-state index is 11.6. The minimum Gasteiger partial charge on any atom is -0.462 e. The number of carbonyl (C=O) groups is 1. The average molecular weight is 275 g/mol. The maximum absolute atomic E-state index is 11.6. The van der Waals surface area contributed by atoms with Gasteiger partial charge in [0.05, 0.1) is 18.4 Å². The molecule has 0 saturated carbocycles. The number of hydrogen-bond donors (Lipinski definition) is 1. The van der Waals surface area contributed by atoms with Gasteiger partial charge in [-0.15, -0.1) is 0 Å². The summed E-state index contributed by atoms with van der Waals surface area (Å²) in [6, 6.07) is 1.72. The van der Waals surface area contributed by atoms with Crippen LogP contribution < -0.4 is 5.32 Å². The van der Waals surface area contributed by atoms with Crippen molar-refractivity contribution in [2.45, 2.75) is 20.3 Å². The molecular weight excluding hydrogens is 258 g/mol. The summed E-state index contributed by atoms with van der Waals surface area (Å²) in [5.74, 6) is 0.740. The fourth-order valence-electron chi connectivity index (χ4n) is 1.57. The fraction of sp³-hybridized carbons (Fsp3) is 0.385. The standard InChI is InChI=1S/C13H17N5O2/c1-3-6-14-13-15-7-5-11(17-13)18-9-10(8-16-18)12(19)20-4-2/h5,7-9H,3-4,6H2,1-2H3,(H,14,15,17). The van der Waals surface area contributed by atoms with Crippen molar-refractivity contribution in [1.82, 2.24) is 19.7 Å².